The standard InChI is InChI=1S/C9H20O4S/c1-6(2)8(12)4-14-5-9(13)7(11)3-10/h6-13H,3-5H2,1-2H3. The second-order valence-corrected chi connectivity index (χ2v) is 4.74. The summed E-state index contributed by atoms with van der Waals surface area (Å²) < 4.78 is 0. The summed E-state index contributed by atoms with van der Waals surface area (Å²) in [7, 11) is 0. The lowest BCUT2D eigenvalue weighted by Gasteiger charge is -2.17. The monoisotopic (exact) mass is 224 g/mol. The second-order valence-electron chi connectivity index (χ2n) is 3.67. The van der Waals surface area contributed by atoms with Gasteiger partial charge in [0.2, 0.25) is 0 Å². The molecule has 0 aromatic rings. The first-order valence-corrected chi connectivity index (χ1v) is 5.87. The predicted molar refractivity (Wildman–Crippen MR) is 57.3 cm³/mol. The molecule has 0 spiro atoms. The topological polar surface area (TPSA) is 80.9 Å². The van der Waals surface area contributed by atoms with Gasteiger partial charge < -0.3 is 20.4 Å². The lowest BCUT2D eigenvalue weighted by Crippen LogP contribution is -2.32. The second kappa shape index (κ2) is 7.48. The predicted octanol–water partition coefficient (Wildman–Crippen LogP) is -0.549. The summed E-state index contributed by atoms with van der Waals surface area (Å²) >= 11 is 1.37. The molecule has 3 unspecified atom stereocenters. The zero-order valence-corrected chi connectivity index (χ0v) is 9.44. The minimum absolute atomic E-state index is 0.197. The molecule has 0 heterocycles. The summed E-state index contributed by atoms with van der Waals surface area (Å²) in [5.41, 5.74) is 0. The molecule has 0 radical (unpaired) electrons. The Hall–Kier alpha value is 0.190. The van der Waals surface area contributed by atoms with Crippen LogP contribution in [-0.4, -0.2) is 56.9 Å². The van der Waals surface area contributed by atoms with E-state index in [4.69, 9.17) is 10.2 Å². The van der Waals surface area contributed by atoms with E-state index < -0.39 is 24.9 Å². The van der Waals surface area contributed by atoms with Gasteiger partial charge in [-0.15, -0.1) is 0 Å². The lowest BCUT2D eigenvalue weighted by atomic mass is 10.1. The van der Waals surface area contributed by atoms with Gasteiger partial charge in [-0.3, -0.25) is 0 Å². The normalized spacial score (nSPS) is 18.2. The van der Waals surface area contributed by atoms with Crippen LogP contribution in [0.2, 0.25) is 0 Å². The van der Waals surface area contributed by atoms with Gasteiger partial charge >= 0.3 is 0 Å². The molecule has 0 saturated carbocycles. The van der Waals surface area contributed by atoms with E-state index in [2.05, 4.69) is 0 Å². The van der Waals surface area contributed by atoms with Crippen molar-refractivity contribution in [2.24, 2.45) is 5.92 Å². The molecule has 14 heavy (non-hydrogen) atoms. The molecule has 0 aliphatic heterocycles. The van der Waals surface area contributed by atoms with Crippen LogP contribution in [0.1, 0.15) is 13.8 Å². The van der Waals surface area contributed by atoms with Crippen molar-refractivity contribution in [2.45, 2.75) is 32.2 Å². The van der Waals surface area contributed by atoms with E-state index >= 15 is 0 Å². The Kier molecular flexibility index (Phi) is 7.58. The van der Waals surface area contributed by atoms with Gasteiger partial charge in [0.15, 0.2) is 0 Å². The highest BCUT2D eigenvalue weighted by Crippen LogP contribution is 2.12. The summed E-state index contributed by atoms with van der Waals surface area (Å²) in [5.74, 6) is 1.06. The third kappa shape index (κ3) is 5.82. The zero-order valence-electron chi connectivity index (χ0n) is 8.63. The fourth-order valence-corrected chi connectivity index (χ4v) is 1.96. The molecule has 5 heteroatoms. The van der Waals surface area contributed by atoms with Crippen LogP contribution < -0.4 is 0 Å². The first kappa shape index (κ1) is 14.2. The van der Waals surface area contributed by atoms with Crippen LogP contribution in [0.15, 0.2) is 0 Å². The Morgan fingerprint density at radius 2 is 1.43 bits per heavy atom. The summed E-state index contributed by atoms with van der Waals surface area (Å²) in [4.78, 5) is 0. The molecule has 0 fully saturated rings. The number of hydrogen-bond acceptors (Lipinski definition) is 5. The smallest absolute Gasteiger partial charge is 0.104 e. The maximum atomic E-state index is 9.42. The highest BCUT2D eigenvalue weighted by atomic mass is 32.2. The minimum Gasteiger partial charge on any atom is -0.394 e. The van der Waals surface area contributed by atoms with E-state index in [0.29, 0.717) is 11.5 Å². The molecular formula is C9H20O4S. The molecule has 4 N–H and O–H groups in total. The van der Waals surface area contributed by atoms with Crippen molar-refractivity contribution in [3.05, 3.63) is 0 Å². The highest BCUT2D eigenvalue weighted by molar-refractivity contribution is 7.99. The van der Waals surface area contributed by atoms with E-state index in [9.17, 15) is 10.2 Å². The van der Waals surface area contributed by atoms with E-state index in [0.717, 1.165) is 0 Å². The van der Waals surface area contributed by atoms with Crippen molar-refractivity contribution in [1.82, 2.24) is 0 Å². The molecule has 0 aromatic heterocycles. The van der Waals surface area contributed by atoms with Crippen molar-refractivity contribution >= 4 is 11.8 Å². The van der Waals surface area contributed by atoms with Crippen LogP contribution in [0.4, 0.5) is 0 Å². The maximum Gasteiger partial charge on any atom is 0.104 e. The van der Waals surface area contributed by atoms with E-state index in [1.807, 2.05) is 13.8 Å². The molecule has 0 amide bonds. The molecule has 3 atom stereocenters. The summed E-state index contributed by atoms with van der Waals surface area (Å²) in [5, 5.41) is 36.2. The van der Waals surface area contributed by atoms with Crippen LogP contribution in [-0.2, 0) is 0 Å². The van der Waals surface area contributed by atoms with E-state index in [-0.39, 0.29) is 5.92 Å². The van der Waals surface area contributed by atoms with Crippen LogP contribution in [0, 0.1) is 5.92 Å². The average Bonchev–Trinajstić information content (AvgIpc) is 2.15. The molecule has 86 valence electrons. The molecule has 0 aliphatic rings. The molecule has 0 saturated heterocycles. The largest absolute Gasteiger partial charge is 0.394 e. The van der Waals surface area contributed by atoms with E-state index in [1.165, 1.54) is 11.8 Å². The van der Waals surface area contributed by atoms with Crippen molar-refractivity contribution < 1.29 is 20.4 Å². The molecule has 0 rings (SSSR count). The highest BCUT2D eigenvalue weighted by Gasteiger charge is 2.16. The Morgan fingerprint density at radius 3 is 1.86 bits per heavy atom. The number of aliphatic hydroxyl groups is 4. The maximum absolute atomic E-state index is 9.42. The van der Waals surface area contributed by atoms with E-state index in [1.54, 1.807) is 0 Å². The van der Waals surface area contributed by atoms with Gasteiger partial charge in [-0.1, -0.05) is 13.8 Å². The van der Waals surface area contributed by atoms with Gasteiger partial charge in [0.05, 0.1) is 18.8 Å². The van der Waals surface area contributed by atoms with Crippen LogP contribution in [0.25, 0.3) is 0 Å². The van der Waals surface area contributed by atoms with Gasteiger partial charge in [-0.2, -0.15) is 11.8 Å². The number of thioether (sulfide) groups is 1. The van der Waals surface area contributed by atoms with Gasteiger partial charge in [-0.05, 0) is 5.92 Å². The Morgan fingerprint density at radius 1 is 0.929 bits per heavy atom. The average molecular weight is 224 g/mol. The summed E-state index contributed by atoms with van der Waals surface area (Å²) in [6, 6.07) is 0. The minimum atomic E-state index is -1.08. The fraction of sp³-hybridized carbons (Fsp3) is 1.00. The van der Waals surface area contributed by atoms with Crippen molar-refractivity contribution in [3.63, 3.8) is 0 Å². The number of aliphatic hydroxyl groups excluding tert-OH is 4. The van der Waals surface area contributed by atoms with Crippen molar-refractivity contribution in [2.75, 3.05) is 18.1 Å². The third-order valence-corrected chi connectivity index (χ3v) is 3.13. The molecular weight excluding hydrogens is 204 g/mol. The lowest BCUT2D eigenvalue weighted by molar-refractivity contribution is -0.00196. The first-order valence-electron chi connectivity index (χ1n) is 4.71. The quantitative estimate of drug-likeness (QED) is 0.466. The van der Waals surface area contributed by atoms with Gasteiger partial charge in [0, 0.05) is 11.5 Å². The third-order valence-electron chi connectivity index (χ3n) is 1.98. The zero-order chi connectivity index (χ0) is 11.1. The van der Waals surface area contributed by atoms with Gasteiger partial charge in [0.25, 0.3) is 0 Å². The molecule has 4 nitrogen and oxygen atoms in total. The van der Waals surface area contributed by atoms with Gasteiger partial charge in [-0.25, -0.2) is 0 Å². The van der Waals surface area contributed by atoms with Crippen LogP contribution in [0.3, 0.4) is 0 Å². The number of hydrogen-bond donors (Lipinski definition) is 4. The first-order chi connectivity index (χ1) is 6.49. The summed E-state index contributed by atoms with van der Waals surface area (Å²) in [6.07, 6.45) is -2.40. The summed E-state index contributed by atoms with van der Waals surface area (Å²) in [6.45, 7) is 3.41. The number of rotatable bonds is 7. The molecule has 0 aliphatic carbocycles. The Labute approximate surface area is 89.0 Å². The molecule has 0 bridgehead atoms. The fourth-order valence-electron chi connectivity index (χ4n) is 0.735. The van der Waals surface area contributed by atoms with Crippen LogP contribution in [0.5, 0.6) is 0 Å². The Balaban J connectivity index is 3.53. The van der Waals surface area contributed by atoms with Crippen molar-refractivity contribution in [3.8, 4) is 0 Å². The van der Waals surface area contributed by atoms with Crippen LogP contribution >= 0.6 is 11.8 Å². The Bertz CT molecular complexity index is 143. The SMILES string of the molecule is CC(C)C(O)CSCC(O)C(O)CO. The van der Waals surface area contributed by atoms with Crippen molar-refractivity contribution in [1.29, 1.82) is 0 Å². The van der Waals surface area contributed by atoms with Gasteiger partial charge in [0.1, 0.15) is 6.10 Å². The molecule has 0 aromatic carbocycles.